The highest BCUT2D eigenvalue weighted by Crippen LogP contribution is 2.05. The quantitative estimate of drug-likeness (QED) is 0.569. The molecular formula is C20H22N6. The molecule has 0 N–H and O–H groups in total. The molecule has 0 bridgehead atoms. The van der Waals surface area contributed by atoms with Crippen molar-refractivity contribution < 1.29 is 0 Å². The van der Waals surface area contributed by atoms with Gasteiger partial charge in [0.2, 0.25) is 0 Å². The van der Waals surface area contributed by atoms with Gasteiger partial charge in [0.25, 0.3) is 0 Å². The first kappa shape index (κ1) is 17.5. The van der Waals surface area contributed by atoms with Gasteiger partial charge in [0.1, 0.15) is 6.33 Å². The molecule has 6 nitrogen and oxygen atoms in total. The monoisotopic (exact) mass is 346 g/mol. The summed E-state index contributed by atoms with van der Waals surface area (Å²) in [5, 5.41) is 10.9. The SMILES string of the molecule is Cc1ccc(Cn2ccnc2)cc1.Cc1ccc(Cn2cnnn2)cc1. The van der Waals surface area contributed by atoms with Gasteiger partial charge in [-0.25, -0.2) is 9.67 Å². The highest BCUT2D eigenvalue weighted by Gasteiger charge is 1.95. The largest absolute Gasteiger partial charge is 0.333 e. The van der Waals surface area contributed by atoms with Gasteiger partial charge in [-0.1, -0.05) is 59.7 Å². The molecule has 132 valence electrons. The average Bonchev–Trinajstić information content (AvgIpc) is 3.34. The van der Waals surface area contributed by atoms with Crippen LogP contribution in [0.4, 0.5) is 0 Å². The summed E-state index contributed by atoms with van der Waals surface area (Å²) in [5.41, 5.74) is 5.08. The Balaban J connectivity index is 0.000000151. The van der Waals surface area contributed by atoms with Crippen LogP contribution in [0.3, 0.4) is 0 Å². The molecule has 0 spiro atoms. The molecule has 0 fully saturated rings. The Morgan fingerprint density at radius 1 is 0.769 bits per heavy atom. The summed E-state index contributed by atoms with van der Waals surface area (Å²) in [6.07, 6.45) is 7.22. The summed E-state index contributed by atoms with van der Waals surface area (Å²) < 4.78 is 3.76. The van der Waals surface area contributed by atoms with Crippen molar-refractivity contribution in [2.75, 3.05) is 0 Å². The van der Waals surface area contributed by atoms with Crippen LogP contribution < -0.4 is 0 Å². The van der Waals surface area contributed by atoms with Gasteiger partial charge in [0.05, 0.1) is 12.9 Å². The molecule has 0 atom stereocenters. The highest BCUT2D eigenvalue weighted by molar-refractivity contribution is 5.22. The Hall–Kier alpha value is -3.28. The number of hydrogen-bond acceptors (Lipinski definition) is 4. The lowest BCUT2D eigenvalue weighted by molar-refractivity contribution is 0.648. The van der Waals surface area contributed by atoms with E-state index in [2.05, 4.69) is 87.5 Å². The first-order valence-electron chi connectivity index (χ1n) is 8.46. The summed E-state index contributed by atoms with van der Waals surface area (Å²) in [7, 11) is 0. The van der Waals surface area contributed by atoms with Crippen LogP contribution in [-0.2, 0) is 13.1 Å². The molecule has 0 aliphatic rings. The van der Waals surface area contributed by atoms with Crippen LogP contribution in [0.15, 0.2) is 73.6 Å². The van der Waals surface area contributed by atoms with Crippen LogP contribution >= 0.6 is 0 Å². The van der Waals surface area contributed by atoms with Gasteiger partial charge in [-0.05, 0) is 35.4 Å². The summed E-state index contributed by atoms with van der Waals surface area (Å²) in [5.74, 6) is 0. The Bertz CT molecular complexity index is 801. The van der Waals surface area contributed by atoms with Gasteiger partial charge >= 0.3 is 0 Å². The smallest absolute Gasteiger partial charge is 0.138 e. The number of nitrogens with zero attached hydrogens (tertiary/aromatic N) is 6. The van der Waals surface area contributed by atoms with Gasteiger partial charge in [-0.3, -0.25) is 0 Å². The molecule has 2 aromatic carbocycles. The first-order valence-corrected chi connectivity index (χ1v) is 8.46. The molecule has 26 heavy (non-hydrogen) atoms. The number of rotatable bonds is 4. The molecule has 0 aliphatic heterocycles. The van der Waals surface area contributed by atoms with E-state index in [-0.39, 0.29) is 0 Å². The van der Waals surface area contributed by atoms with E-state index in [0.29, 0.717) is 0 Å². The predicted octanol–water partition coefficient (Wildman–Crippen LogP) is 3.27. The Labute approximate surface area is 153 Å². The Morgan fingerprint density at radius 3 is 1.88 bits per heavy atom. The maximum absolute atomic E-state index is 4.00. The Kier molecular flexibility index (Phi) is 5.88. The van der Waals surface area contributed by atoms with Crippen molar-refractivity contribution in [3.05, 3.63) is 95.8 Å². The van der Waals surface area contributed by atoms with Crippen molar-refractivity contribution in [1.29, 1.82) is 0 Å². The molecule has 4 rings (SSSR count). The normalized spacial score (nSPS) is 10.2. The molecule has 0 aliphatic carbocycles. The molecule has 0 radical (unpaired) electrons. The van der Waals surface area contributed by atoms with E-state index in [1.807, 2.05) is 12.5 Å². The average molecular weight is 346 g/mol. The van der Waals surface area contributed by atoms with Crippen molar-refractivity contribution in [3.8, 4) is 0 Å². The second-order valence-electron chi connectivity index (χ2n) is 6.21. The van der Waals surface area contributed by atoms with Gasteiger partial charge in [0.15, 0.2) is 0 Å². The number of benzene rings is 2. The molecule has 0 amide bonds. The fourth-order valence-corrected chi connectivity index (χ4v) is 2.42. The van der Waals surface area contributed by atoms with Crippen LogP contribution in [-0.4, -0.2) is 29.8 Å². The Morgan fingerprint density at radius 2 is 1.38 bits per heavy atom. The zero-order chi connectivity index (χ0) is 18.2. The van der Waals surface area contributed by atoms with Gasteiger partial charge in [0, 0.05) is 18.9 Å². The van der Waals surface area contributed by atoms with E-state index in [1.165, 1.54) is 22.3 Å². The van der Waals surface area contributed by atoms with Crippen molar-refractivity contribution in [2.45, 2.75) is 26.9 Å². The topological polar surface area (TPSA) is 61.4 Å². The van der Waals surface area contributed by atoms with Crippen LogP contribution in [0, 0.1) is 13.8 Å². The first-order chi connectivity index (χ1) is 12.7. The molecule has 2 aromatic heterocycles. The molecule has 0 saturated carbocycles. The second kappa shape index (κ2) is 8.71. The standard InChI is InChI=1S/C11H12N2.C9H10N4/c1-10-2-4-11(5-3-10)8-13-7-6-12-9-13;1-8-2-4-9(5-3-8)6-13-7-10-11-12-13/h2-7,9H,8H2,1H3;2-5,7H,6H2,1H3. The summed E-state index contributed by atoms with van der Waals surface area (Å²) in [6.45, 7) is 5.80. The van der Waals surface area contributed by atoms with E-state index in [4.69, 9.17) is 0 Å². The van der Waals surface area contributed by atoms with Crippen LogP contribution in [0.1, 0.15) is 22.3 Å². The van der Waals surface area contributed by atoms with Gasteiger partial charge in [-0.2, -0.15) is 0 Å². The number of tetrazole rings is 1. The van der Waals surface area contributed by atoms with Crippen molar-refractivity contribution in [3.63, 3.8) is 0 Å². The zero-order valence-electron chi connectivity index (χ0n) is 15.0. The predicted molar refractivity (Wildman–Crippen MR) is 101 cm³/mol. The molecule has 0 unspecified atom stereocenters. The van der Waals surface area contributed by atoms with E-state index < -0.39 is 0 Å². The molecule has 2 heterocycles. The number of aryl methyl sites for hydroxylation is 2. The zero-order valence-corrected chi connectivity index (χ0v) is 15.0. The molecular weight excluding hydrogens is 324 g/mol. The lowest BCUT2D eigenvalue weighted by Crippen LogP contribution is -2.00. The van der Waals surface area contributed by atoms with E-state index in [0.717, 1.165) is 13.1 Å². The summed E-state index contributed by atoms with van der Waals surface area (Å²) in [6, 6.07) is 16.9. The summed E-state index contributed by atoms with van der Waals surface area (Å²) >= 11 is 0. The van der Waals surface area contributed by atoms with Crippen LogP contribution in [0.2, 0.25) is 0 Å². The number of imidazole rings is 1. The van der Waals surface area contributed by atoms with Gasteiger partial charge in [-0.15, -0.1) is 5.10 Å². The lowest BCUT2D eigenvalue weighted by Gasteiger charge is -2.02. The fourth-order valence-electron chi connectivity index (χ4n) is 2.42. The van der Waals surface area contributed by atoms with Crippen molar-refractivity contribution >= 4 is 0 Å². The molecule has 0 saturated heterocycles. The second-order valence-corrected chi connectivity index (χ2v) is 6.21. The lowest BCUT2D eigenvalue weighted by atomic mass is 10.1. The van der Waals surface area contributed by atoms with E-state index in [9.17, 15) is 0 Å². The fraction of sp³-hybridized carbons (Fsp3) is 0.200. The van der Waals surface area contributed by atoms with Gasteiger partial charge < -0.3 is 4.57 Å². The third-order valence-corrected chi connectivity index (χ3v) is 3.90. The minimum atomic E-state index is 0.729. The molecule has 4 aromatic rings. The molecule has 6 heteroatoms. The van der Waals surface area contributed by atoms with E-state index in [1.54, 1.807) is 17.2 Å². The third-order valence-electron chi connectivity index (χ3n) is 3.90. The highest BCUT2D eigenvalue weighted by atomic mass is 15.5. The minimum absolute atomic E-state index is 0.729. The maximum atomic E-state index is 4.00. The number of hydrogen-bond donors (Lipinski definition) is 0. The van der Waals surface area contributed by atoms with Crippen molar-refractivity contribution in [2.24, 2.45) is 0 Å². The van der Waals surface area contributed by atoms with E-state index >= 15 is 0 Å². The minimum Gasteiger partial charge on any atom is -0.333 e. The summed E-state index contributed by atoms with van der Waals surface area (Å²) in [4.78, 5) is 4.00. The number of aromatic nitrogens is 6. The van der Waals surface area contributed by atoms with Crippen LogP contribution in [0.5, 0.6) is 0 Å². The maximum Gasteiger partial charge on any atom is 0.138 e. The van der Waals surface area contributed by atoms with Crippen molar-refractivity contribution in [1.82, 2.24) is 29.8 Å². The third kappa shape index (κ3) is 5.37. The van der Waals surface area contributed by atoms with Crippen LogP contribution in [0.25, 0.3) is 0 Å².